The van der Waals surface area contributed by atoms with Crippen molar-refractivity contribution in [2.75, 3.05) is 13.2 Å². The predicted molar refractivity (Wildman–Crippen MR) is 136 cm³/mol. The number of carbonyl (C=O) groups excluding carboxylic acids is 2. The van der Waals surface area contributed by atoms with Crippen LogP contribution in [0.5, 0.6) is 5.75 Å². The Morgan fingerprint density at radius 1 is 0.941 bits per heavy atom. The third-order valence-corrected chi connectivity index (χ3v) is 5.68. The van der Waals surface area contributed by atoms with E-state index in [0.717, 1.165) is 24.0 Å². The zero-order valence-corrected chi connectivity index (χ0v) is 20.2. The number of para-hydroxylation sites is 1. The molecule has 0 fully saturated rings. The van der Waals surface area contributed by atoms with Crippen LogP contribution >= 0.6 is 11.6 Å². The average molecular weight is 479 g/mol. The molecule has 0 aliphatic carbocycles. The molecule has 0 bridgehead atoms. The molecule has 3 aromatic carbocycles. The van der Waals surface area contributed by atoms with E-state index < -0.39 is 6.04 Å². The van der Waals surface area contributed by atoms with Crippen molar-refractivity contribution in [3.8, 4) is 5.75 Å². The van der Waals surface area contributed by atoms with E-state index in [2.05, 4.69) is 12.2 Å². The Bertz CT molecular complexity index is 1040. The molecule has 0 saturated carbocycles. The molecule has 6 heteroatoms. The molecule has 0 aliphatic rings. The molecule has 2 amide bonds. The van der Waals surface area contributed by atoms with E-state index >= 15 is 0 Å². The molecule has 0 spiro atoms. The quantitative estimate of drug-likeness (QED) is 0.360. The van der Waals surface area contributed by atoms with E-state index in [1.54, 1.807) is 23.1 Å². The van der Waals surface area contributed by atoms with Crippen molar-refractivity contribution in [2.24, 2.45) is 0 Å². The molecule has 0 aromatic heterocycles. The molecule has 34 heavy (non-hydrogen) atoms. The first-order valence-corrected chi connectivity index (χ1v) is 12.0. The molecular weight excluding hydrogens is 448 g/mol. The van der Waals surface area contributed by atoms with Gasteiger partial charge in [-0.2, -0.15) is 0 Å². The number of nitrogens with zero attached hydrogens (tertiary/aromatic N) is 1. The van der Waals surface area contributed by atoms with E-state index in [1.165, 1.54) is 0 Å². The molecule has 178 valence electrons. The summed E-state index contributed by atoms with van der Waals surface area (Å²) in [6, 6.07) is 25.6. The Hall–Kier alpha value is -3.31. The van der Waals surface area contributed by atoms with Gasteiger partial charge in [-0.15, -0.1) is 0 Å². The second-order valence-corrected chi connectivity index (χ2v) is 8.54. The van der Waals surface area contributed by atoms with Crippen molar-refractivity contribution in [2.45, 2.75) is 38.8 Å². The van der Waals surface area contributed by atoms with E-state index in [1.807, 2.05) is 66.7 Å². The van der Waals surface area contributed by atoms with E-state index in [0.29, 0.717) is 23.7 Å². The van der Waals surface area contributed by atoms with Crippen LogP contribution in [0.15, 0.2) is 84.9 Å². The van der Waals surface area contributed by atoms with Crippen LogP contribution in [0.4, 0.5) is 0 Å². The number of rotatable bonds is 12. The van der Waals surface area contributed by atoms with Gasteiger partial charge in [-0.3, -0.25) is 9.59 Å². The number of carbonyl (C=O) groups is 2. The number of halogens is 1. The fourth-order valence-corrected chi connectivity index (χ4v) is 3.85. The number of hydrogen-bond acceptors (Lipinski definition) is 3. The maximum Gasteiger partial charge on any atom is 0.261 e. The second kappa shape index (κ2) is 13.4. The third kappa shape index (κ3) is 7.92. The molecule has 3 rings (SSSR count). The Morgan fingerprint density at radius 3 is 2.29 bits per heavy atom. The lowest BCUT2D eigenvalue weighted by atomic mass is 10.0. The summed E-state index contributed by atoms with van der Waals surface area (Å²) >= 11 is 6.20. The molecule has 1 atom stereocenters. The summed E-state index contributed by atoms with van der Waals surface area (Å²) in [5.74, 6) is 0.161. The molecule has 1 N–H and O–H groups in total. The number of nitrogens with one attached hydrogen (secondary N) is 1. The van der Waals surface area contributed by atoms with Crippen molar-refractivity contribution in [1.82, 2.24) is 10.2 Å². The number of amides is 2. The maximum atomic E-state index is 13.5. The van der Waals surface area contributed by atoms with Crippen LogP contribution in [-0.4, -0.2) is 35.9 Å². The van der Waals surface area contributed by atoms with E-state index in [-0.39, 0.29) is 25.0 Å². The molecule has 0 heterocycles. The second-order valence-electron chi connectivity index (χ2n) is 8.10. The molecule has 0 aliphatic heterocycles. The van der Waals surface area contributed by atoms with Crippen molar-refractivity contribution in [3.05, 3.63) is 101 Å². The van der Waals surface area contributed by atoms with Crippen LogP contribution in [0, 0.1) is 0 Å². The minimum Gasteiger partial charge on any atom is -0.484 e. The van der Waals surface area contributed by atoms with Crippen LogP contribution in [0.3, 0.4) is 0 Å². The van der Waals surface area contributed by atoms with Gasteiger partial charge in [0.25, 0.3) is 5.91 Å². The smallest absolute Gasteiger partial charge is 0.261 e. The standard InChI is InChI=1S/C28H31ClN2O3/c1-2-3-17-30-28(33)26(19-22-11-6-4-7-12-22)31(20-23-13-10-14-24(29)18-23)27(32)21-34-25-15-8-5-9-16-25/h4-16,18,26H,2-3,17,19-21H2,1H3,(H,30,33)/t26-/m0/s1. The van der Waals surface area contributed by atoms with Gasteiger partial charge in [0.15, 0.2) is 6.61 Å². The Morgan fingerprint density at radius 2 is 1.62 bits per heavy atom. The van der Waals surface area contributed by atoms with Gasteiger partial charge in [0, 0.05) is 24.5 Å². The van der Waals surface area contributed by atoms with Gasteiger partial charge in [-0.25, -0.2) is 0 Å². The number of benzene rings is 3. The number of ether oxygens (including phenoxy) is 1. The Labute approximate surface area is 206 Å². The molecule has 0 unspecified atom stereocenters. The summed E-state index contributed by atoms with van der Waals surface area (Å²) in [6.45, 7) is 2.72. The first kappa shape index (κ1) is 25.3. The van der Waals surface area contributed by atoms with Gasteiger partial charge in [0.05, 0.1) is 0 Å². The number of unbranched alkanes of at least 4 members (excludes halogenated alkanes) is 1. The van der Waals surface area contributed by atoms with Crippen molar-refractivity contribution >= 4 is 23.4 Å². The Kier molecular flexibility index (Phi) is 9.98. The topological polar surface area (TPSA) is 58.6 Å². The van der Waals surface area contributed by atoms with Crippen LogP contribution in [-0.2, 0) is 22.6 Å². The zero-order valence-electron chi connectivity index (χ0n) is 19.5. The minimum atomic E-state index is -0.690. The SMILES string of the molecule is CCCCNC(=O)[C@H](Cc1ccccc1)N(Cc1cccc(Cl)c1)C(=O)COc1ccccc1. The van der Waals surface area contributed by atoms with Crippen molar-refractivity contribution in [1.29, 1.82) is 0 Å². The summed E-state index contributed by atoms with van der Waals surface area (Å²) in [4.78, 5) is 28.4. The van der Waals surface area contributed by atoms with Crippen LogP contribution in [0.1, 0.15) is 30.9 Å². The lowest BCUT2D eigenvalue weighted by molar-refractivity contribution is -0.142. The molecule has 5 nitrogen and oxygen atoms in total. The highest BCUT2D eigenvalue weighted by molar-refractivity contribution is 6.30. The number of hydrogen-bond donors (Lipinski definition) is 1. The van der Waals surface area contributed by atoms with Crippen molar-refractivity contribution in [3.63, 3.8) is 0 Å². The van der Waals surface area contributed by atoms with Crippen LogP contribution in [0.25, 0.3) is 0 Å². The van der Waals surface area contributed by atoms with Gasteiger partial charge in [-0.05, 0) is 41.8 Å². The monoisotopic (exact) mass is 478 g/mol. The fourth-order valence-electron chi connectivity index (χ4n) is 3.64. The highest BCUT2D eigenvalue weighted by Crippen LogP contribution is 2.18. The van der Waals surface area contributed by atoms with E-state index in [4.69, 9.17) is 16.3 Å². The van der Waals surface area contributed by atoms with Gasteiger partial charge in [0.1, 0.15) is 11.8 Å². The van der Waals surface area contributed by atoms with Gasteiger partial charge in [0.2, 0.25) is 5.91 Å². The summed E-state index contributed by atoms with van der Waals surface area (Å²) in [5, 5.41) is 3.59. The van der Waals surface area contributed by atoms with Crippen LogP contribution in [0.2, 0.25) is 5.02 Å². The normalized spacial score (nSPS) is 11.5. The highest BCUT2D eigenvalue weighted by atomic mass is 35.5. The fraction of sp³-hybridized carbons (Fsp3) is 0.286. The first-order chi connectivity index (χ1) is 16.6. The van der Waals surface area contributed by atoms with E-state index in [9.17, 15) is 9.59 Å². The zero-order chi connectivity index (χ0) is 24.2. The van der Waals surface area contributed by atoms with Crippen LogP contribution < -0.4 is 10.1 Å². The Balaban J connectivity index is 1.87. The molecule has 3 aromatic rings. The van der Waals surface area contributed by atoms with Gasteiger partial charge < -0.3 is 15.0 Å². The summed E-state index contributed by atoms with van der Waals surface area (Å²) in [5.41, 5.74) is 1.82. The minimum absolute atomic E-state index is 0.169. The lowest BCUT2D eigenvalue weighted by Gasteiger charge is -2.31. The summed E-state index contributed by atoms with van der Waals surface area (Å²) in [6.07, 6.45) is 2.25. The largest absolute Gasteiger partial charge is 0.484 e. The van der Waals surface area contributed by atoms with Gasteiger partial charge >= 0.3 is 0 Å². The lowest BCUT2D eigenvalue weighted by Crippen LogP contribution is -2.51. The summed E-state index contributed by atoms with van der Waals surface area (Å²) < 4.78 is 5.74. The third-order valence-electron chi connectivity index (χ3n) is 5.45. The maximum absolute atomic E-state index is 13.5. The average Bonchev–Trinajstić information content (AvgIpc) is 2.86. The molecular formula is C28H31ClN2O3. The molecule has 0 saturated heterocycles. The first-order valence-electron chi connectivity index (χ1n) is 11.6. The highest BCUT2D eigenvalue weighted by Gasteiger charge is 2.30. The molecule has 0 radical (unpaired) electrons. The van der Waals surface area contributed by atoms with Gasteiger partial charge in [-0.1, -0.05) is 85.6 Å². The van der Waals surface area contributed by atoms with Crippen molar-refractivity contribution < 1.29 is 14.3 Å². The predicted octanol–water partition coefficient (Wildman–Crippen LogP) is 5.28. The summed E-state index contributed by atoms with van der Waals surface area (Å²) in [7, 11) is 0.